The van der Waals surface area contributed by atoms with Gasteiger partial charge in [0.25, 0.3) is 5.56 Å². The fourth-order valence-corrected chi connectivity index (χ4v) is 3.96. The summed E-state index contributed by atoms with van der Waals surface area (Å²) >= 11 is 0. The molecule has 1 aromatic heterocycles. The Bertz CT molecular complexity index is 1240. The van der Waals surface area contributed by atoms with Crippen molar-refractivity contribution in [1.82, 2.24) is 19.8 Å². The molecule has 2 aromatic carbocycles. The number of carbonyl (C=O) groups is 2. The molecule has 0 saturated carbocycles. The third-order valence-electron chi connectivity index (χ3n) is 5.79. The summed E-state index contributed by atoms with van der Waals surface area (Å²) in [5.41, 5.74) is 3.61. The maximum absolute atomic E-state index is 13.5. The van der Waals surface area contributed by atoms with E-state index in [9.17, 15) is 14.4 Å². The zero-order valence-electron chi connectivity index (χ0n) is 19.4. The SMILES string of the molecule is CCOC(=O)N1CCc2c(nc(-c3ccc(C)cc3)n(CC(=O)NCc3ccccc3)c2=O)C1. The van der Waals surface area contributed by atoms with E-state index in [0.29, 0.717) is 36.6 Å². The number of aromatic nitrogens is 2. The van der Waals surface area contributed by atoms with E-state index in [2.05, 4.69) is 5.32 Å². The number of ether oxygens (including phenoxy) is 1. The van der Waals surface area contributed by atoms with E-state index >= 15 is 0 Å². The van der Waals surface area contributed by atoms with E-state index in [0.717, 1.165) is 16.7 Å². The molecule has 8 nitrogen and oxygen atoms in total. The summed E-state index contributed by atoms with van der Waals surface area (Å²) in [5.74, 6) is 0.134. The highest BCUT2D eigenvalue weighted by Gasteiger charge is 2.27. The van der Waals surface area contributed by atoms with Crippen LogP contribution in [0, 0.1) is 6.92 Å². The molecule has 8 heteroatoms. The minimum atomic E-state index is -0.420. The summed E-state index contributed by atoms with van der Waals surface area (Å²) < 4.78 is 6.55. The van der Waals surface area contributed by atoms with Crippen molar-refractivity contribution in [2.45, 2.75) is 39.9 Å². The Kier molecular flexibility index (Phi) is 7.06. The predicted octanol–water partition coefficient (Wildman–Crippen LogP) is 3.05. The number of rotatable bonds is 6. The van der Waals surface area contributed by atoms with Crippen LogP contribution in [-0.2, 0) is 35.6 Å². The first-order valence-corrected chi connectivity index (χ1v) is 11.4. The fraction of sp³-hybridized carbons (Fsp3) is 0.308. The molecule has 0 aliphatic carbocycles. The van der Waals surface area contributed by atoms with Crippen LogP contribution >= 0.6 is 0 Å². The first-order valence-electron chi connectivity index (χ1n) is 11.4. The third-order valence-corrected chi connectivity index (χ3v) is 5.79. The van der Waals surface area contributed by atoms with E-state index < -0.39 is 6.09 Å². The van der Waals surface area contributed by atoms with Gasteiger partial charge in [-0.05, 0) is 25.8 Å². The van der Waals surface area contributed by atoms with E-state index in [1.54, 1.807) is 11.8 Å². The molecule has 0 unspecified atom stereocenters. The van der Waals surface area contributed by atoms with Crippen LogP contribution in [-0.4, -0.2) is 39.6 Å². The summed E-state index contributed by atoms with van der Waals surface area (Å²) in [7, 11) is 0. The van der Waals surface area contributed by atoms with Crippen molar-refractivity contribution in [3.8, 4) is 11.4 Å². The lowest BCUT2D eigenvalue weighted by Crippen LogP contribution is -2.42. The quantitative estimate of drug-likeness (QED) is 0.610. The lowest BCUT2D eigenvalue weighted by molar-refractivity contribution is -0.121. The Morgan fingerprint density at radius 2 is 1.82 bits per heavy atom. The van der Waals surface area contributed by atoms with Crippen molar-refractivity contribution in [3.05, 3.63) is 87.3 Å². The van der Waals surface area contributed by atoms with Gasteiger partial charge in [0.1, 0.15) is 12.4 Å². The van der Waals surface area contributed by atoms with Gasteiger partial charge in [-0.15, -0.1) is 0 Å². The van der Waals surface area contributed by atoms with Crippen LogP contribution in [0.1, 0.15) is 29.3 Å². The zero-order valence-corrected chi connectivity index (χ0v) is 19.4. The molecule has 3 aromatic rings. The number of aryl methyl sites for hydroxylation is 1. The maximum atomic E-state index is 13.5. The topological polar surface area (TPSA) is 93.5 Å². The van der Waals surface area contributed by atoms with Crippen LogP contribution in [0.2, 0.25) is 0 Å². The van der Waals surface area contributed by atoms with Crippen LogP contribution in [0.3, 0.4) is 0 Å². The summed E-state index contributed by atoms with van der Waals surface area (Å²) in [4.78, 5) is 44.8. The number of carbonyl (C=O) groups excluding carboxylic acids is 2. The molecule has 1 N–H and O–H groups in total. The summed E-state index contributed by atoms with van der Waals surface area (Å²) in [6.07, 6.45) is -0.0592. The minimum absolute atomic E-state index is 0.142. The molecular weight excluding hydrogens is 432 g/mol. The lowest BCUT2D eigenvalue weighted by atomic mass is 10.1. The van der Waals surface area contributed by atoms with Gasteiger partial charge in [-0.2, -0.15) is 0 Å². The summed E-state index contributed by atoms with van der Waals surface area (Å²) in [6, 6.07) is 17.2. The van der Waals surface area contributed by atoms with E-state index in [1.807, 2.05) is 61.5 Å². The summed E-state index contributed by atoms with van der Waals surface area (Å²) in [5, 5.41) is 2.88. The maximum Gasteiger partial charge on any atom is 0.410 e. The van der Waals surface area contributed by atoms with Gasteiger partial charge in [0.15, 0.2) is 0 Å². The molecule has 0 radical (unpaired) electrons. The number of fused-ring (bicyclic) bond motifs is 1. The Morgan fingerprint density at radius 1 is 1.09 bits per heavy atom. The third kappa shape index (κ3) is 5.17. The molecule has 1 aliphatic rings. The number of nitrogens with zero attached hydrogens (tertiary/aromatic N) is 3. The normalized spacial score (nSPS) is 12.7. The molecule has 176 valence electrons. The van der Waals surface area contributed by atoms with Crippen molar-refractivity contribution < 1.29 is 14.3 Å². The molecule has 2 amide bonds. The van der Waals surface area contributed by atoms with Crippen LogP contribution in [0.15, 0.2) is 59.4 Å². The minimum Gasteiger partial charge on any atom is -0.450 e. The molecule has 34 heavy (non-hydrogen) atoms. The Labute approximate surface area is 198 Å². The average Bonchev–Trinajstić information content (AvgIpc) is 2.85. The van der Waals surface area contributed by atoms with Gasteiger partial charge in [-0.3, -0.25) is 14.2 Å². The zero-order chi connectivity index (χ0) is 24.1. The van der Waals surface area contributed by atoms with E-state index in [4.69, 9.17) is 9.72 Å². The molecule has 1 aliphatic heterocycles. The summed E-state index contributed by atoms with van der Waals surface area (Å²) in [6.45, 7) is 4.81. The highest BCUT2D eigenvalue weighted by atomic mass is 16.6. The molecule has 0 atom stereocenters. The van der Waals surface area contributed by atoms with Crippen molar-refractivity contribution in [1.29, 1.82) is 0 Å². The van der Waals surface area contributed by atoms with Crippen LogP contribution in [0.5, 0.6) is 0 Å². The van der Waals surface area contributed by atoms with Gasteiger partial charge in [0.05, 0.1) is 18.8 Å². The number of hydrogen-bond acceptors (Lipinski definition) is 5. The fourth-order valence-electron chi connectivity index (χ4n) is 3.96. The largest absolute Gasteiger partial charge is 0.450 e. The van der Waals surface area contributed by atoms with Crippen LogP contribution < -0.4 is 10.9 Å². The standard InChI is InChI=1S/C26H28N4O4/c1-3-34-26(33)29-14-13-21-22(16-29)28-24(20-11-9-18(2)10-12-20)30(25(21)32)17-23(31)27-15-19-7-5-4-6-8-19/h4-12H,3,13-17H2,1-2H3,(H,27,31). The van der Waals surface area contributed by atoms with Gasteiger partial charge in [-0.25, -0.2) is 9.78 Å². The Balaban J connectivity index is 1.66. The van der Waals surface area contributed by atoms with Gasteiger partial charge >= 0.3 is 6.09 Å². The molecule has 0 fully saturated rings. The van der Waals surface area contributed by atoms with Gasteiger partial charge in [0.2, 0.25) is 5.91 Å². The number of benzene rings is 2. The Morgan fingerprint density at radius 3 is 2.53 bits per heavy atom. The van der Waals surface area contributed by atoms with Crippen molar-refractivity contribution in [2.75, 3.05) is 13.2 Å². The highest BCUT2D eigenvalue weighted by Crippen LogP contribution is 2.22. The highest BCUT2D eigenvalue weighted by molar-refractivity contribution is 5.76. The number of amides is 2. The number of hydrogen-bond donors (Lipinski definition) is 1. The number of nitrogens with one attached hydrogen (secondary N) is 1. The van der Waals surface area contributed by atoms with Gasteiger partial charge in [0, 0.05) is 24.2 Å². The average molecular weight is 461 g/mol. The van der Waals surface area contributed by atoms with Gasteiger partial charge < -0.3 is 15.0 Å². The molecule has 2 heterocycles. The van der Waals surface area contributed by atoms with E-state index in [1.165, 1.54) is 4.57 Å². The van der Waals surface area contributed by atoms with Gasteiger partial charge in [-0.1, -0.05) is 60.2 Å². The second kappa shape index (κ2) is 10.3. The monoisotopic (exact) mass is 460 g/mol. The molecule has 0 bridgehead atoms. The first-order chi connectivity index (χ1) is 16.5. The molecular formula is C26H28N4O4. The van der Waals surface area contributed by atoms with E-state index in [-0.39, 0.29) is 31.2 Å². The molecule has 0 spiro atoms. The van der Waals surface area contributed by atoms with Crippen molar-refractivity contribution in [3.63, 3.8) is 0 Å². The first kappa shape index (κ1) is 23.2. The van der Waals surface area contributed by atoms with Crippen LogP contribution in [0.4, 0.5) is 4.79 Å². The Hall–Kier alpha value is -3.94. The molecule has 0 saturated heterocycles. The second-order valence-corrected chi connectivity index (χ2v) is 8.25. The molecule has 4 rings (SSSR count). The van der Waals surface area contributed by atoms with Crippen molar-refractivity contribution >= 4 is 12.0 Å². The van der Waals surface area contributed by atoms with Crippen molar-refractivity contribution in [2.24, 2.45) is 0 Å². The second-order valence-electron chi connectivity index (χ2n) is 8.25. The van der Waals surface area contributed by atoms with Crippen LogP contribution in [0.25, 0.3) is 11.4 Å². The lowest BCUT2D eigenvalue weighted by Gasteiger charge is -2.28. The predicted molar refractivity (Wildman–Crippen MR) is 128 cm³/mol. The smallest absolute Gasteiger partial charge is 0.410 e.